The molecule has 0 aromatic carbocycles. The molecule has 11 atom stereocenters. The van der Waals surface area contributed by atoms with Gasteiger partial charge in [-0.3, -0.25) is 4.79 Å². The van der Waals surface area contributed by atoms with Gasteiger partial charge in [0.25, 0.3) is 0 Å². The quantitative estimate of drug-likeness (QED) is 0.302. The molecule has 3 fully saturated rings. The molecular formula is C37H54O8. The molecule has 1 aliphatic carbocycles. The lowest BCUT2D eigenvalue weighted by atomic mass is 9.70. The summed E-state index contributed by atoms with van der Waals surface area (Å²) in [6, 6.07) is 0. The lowest BCUT2D eigenvalue weighted by Gasteiger charge is -2.51. The minimum absolute atomic E-state index is 0.110. The minimum Gasteiger partial charge on any atom is -0.462 e. The van der Waals surface area contributed by atoms with Crippen LogP contribution in [0.25, 0.3) is 0 Å². The Morgan fingerprint density at radius 2 is 1.91 bits per heavy atom. The highest BCUT2D eigenvalue weighted by Crippen LogP contribution is 2.48. The highest BCUT2D eigenvalue weighted by atomic mass is 16.7. The summed E-state index contributed by atoms with van der Waals surface area (Å²) in [4.78, 5) is 14.2. The number of methoxy groups -OCH3 is 1. The maximum atomic E-state index is 14.2. The van der Waals surface area contributed by atoms with Crippen LogP contribution in [-0.2, 0) is 28.5 Å². The van der Waals surface area contributed by atoms with Crippen molar-refractivity contribution < 1.29 is 38.7 Å². The van der Waals surface area contributed by atoms with Crippen molar-refractivity contribution in [2.45, 2.75) is 129 Å². The van der Waals surface area contributed by atoms with Gasteiger partial charge in [0.1, 0.15) is 29.8 Å². The van der Waals surface area contributed by atoms with E-state index < -0.39 is 47.7 Å². The fourth-order valence-electron chi connectivity index (χ4n) is 8.14. The number of rotatable bonds is 3. The topological polar surface area (TPSA) is 104 Å². The third-order valence-electron chi connectivity index (χ3n) is 10.3. The molecule has 0 amide bonds. The van der Waals surface area contributed by atoms with E-state index in [9.17, 15) is 15.0 Å². The summed E-state index contributed by atoms with van der Waals surface area (Å²) in [6.07, 6.45) is 11.7. The van der Waals surface area contributed by atoms with E-state index in [1.54, 1.807) is 13.2 Å². The number of aliphatic hydroxyl groups excluding tert-OH is 1. The van der Waals surface area contributed by atoms with Crippen molar-refractivity contribution >= 4 is 5.97 Å². The summed E-state index contributed by atoms with van der Waals surface area (Å²) in [7, 11) is 1.59. The van der Waals surface area contributed by atoms with Crippen molar-refractivity contribution in [1.82, 2.24) is 0 Å². The van der Waals surface area contributed by atoms with E-state index in [1.807, 2.05) is 32.9 Å². The molecule has 0 aromatic rings. The SMILES string of the molecule is CO[C@@H]1C(C)=CC2C(=O)OC3CC(C/C=C(/C)C[C@@H](C)/C=C/C=C4/COC1[C@]42O)OC1(C3)C[C@H](O)[C@H](C)[C@@H](/C(C)=C/C(C)C)O1. The first-order valence-corrected chi connectivity index (χ1v) is 16.8. The van der Waals surface area contributed by atoms with E-state index in [0.717, 1.165) is 17.6 Å². The monoisotopic (exact) mass is 626 g/mol. The van der Waals surface area contributed by atoms with Gasteiger partial charge in [0.2, 0.25) is 0 Å². The summed E-state index contributed by atoms with van der Waals surface area (Å²) in [5.74, 6) is -2.11. The van der Waals surface area contributed by atoms with Gasteiger partial charge in [-0.1, -0.05) is 69.7 Å². The second-order valence-corrected chi connectivity index (χ2v) is 14.6. The van der Waals surface area contributed by atoms with Crippen molar-refractivity contribution in [2.24, 2.45) is 23.7 Å². The Morgan fingerprint density at radius 1 is 1.16 bits per heavy atom. The molecule has 1 spiro atoms. The summed E-state index contributed by atoms with van der Waals surface area (Å²) in [6.45, 7) is 14.7. The lowest BCUT2D eigenvalue weighted by Crippen LogP contribution is -2.59. The van der Waals surface area contributed by atoms with Crippen LogP contribution in [0.15, 0.2) is 58.7 Å². The Hall–Kier alpha value is -2.07. The van der Waals surface area contributed by atoms with Crippen LogP contribution in [0, 0.1) is 23.7 Å². The molecule has 2 N–H and O–H groups in total. The molecule has 3 saturated heterocycles. The van der Waals surface area contributed by atoms with Gasteiger partial charge in [-0.2, -0.15) is 0 Å². The van der Waals surface area contributed by atoms with E-state index >= 15 is 0 Å². The average molecular weight is 627 g/mol. The zero-order valence-corrected chi connectivity index (χ0v) is 28.3. The zero-order valence-electron chi connectivity index (χ0n) is 28.3. The van der Waals surface area contributed by atoms with Gasteiger partial charge in [-0.25, -0.2) is 0 Å². The van der Waals surface area contributed by atoms with Crippen molar-refractivity contribution in [3.63, 3.8) is 0 Å². The number of aliphatic hydroxyl groups is 2. The first-order chi connectivity index (χ1) is 21.3. The molecule has 4 heterocycles. The standard InChI is InChI=1S/C37H54O8/c1-21(2)14-24(5)32-26(7)31(38)19-36(45-32)18-29-17-28(44-36)13-12-23(4)15-22(3)10-9-11-27-20-42-34-33(41-8)25(6)16-30(35(39)43-29)37(27,34)40/h9-12,14,16,21-22,26,28-34,38,40H,13,15,17-20H2,1-8H3/b10-9+,23-12-,24-14+,27-11-/t22-,26-,28?,29?,30?,31-,32+,33+,34?,36?,37-/m0/s1. The van der Waals surface area contributed by atoms with Gasteiger partial charge in [-0.15, -0.1) is 0 Å². The van der Waals surface area contributed by atoms with Gasteiger partial charge in [-0.05, 0) is 62.2 Å². The van der Waals surface area contributed by atoms with E-state index in [4.69, 9.17) is 23.7 Å². The molecular weight excluding hydrogens is 572 g/mol. The van der Waals surface area contributed by atoms with Crippen molar-refractivity contribution in [3.05, 3.63) is 58.7 Å². The first kappa shape index (κ1) is 34.3. The molecule has 0 aromatic heterocycles. The van der Waals surface area contributed by atoms with Crippen LogP contribution in [-0.4, -0.2) is 77.9 Å². The molecule has 5 aliphatic rings. The van der Waals surface area contributed by atoms with Crippen LogP contribution in [0.2, 0.25) is 0 Å². The number of esters is 1. The number of hydrogen-bond donors (Lipinski definition) is 2. The van der Waals surface area contributed by atoms with Crippen molar-refractivity contribution in [1.29, 1.82) is 0 Å². The Balaban J connectivity index is 1.53. The smallest absolute Gasteiger partial charge is 0.316 e. The maximum Gasteiger partial charge on any atom is 0.316 e. The van der Waals surface area contributed by atoms with Crippen LogP contribution < -0.4 is 0 Å². The van der Waals surface area contributed by atoms with Crippen LogP contribution in [0.4, 0.5) is 0 Å². The highest BCUT2D eigenvalue weighted by molar-refractivity contribution is 5.78. The van der Waals surface area contributed by atoms with Crippen LogP contribution in [0.5, 0.6) is 0 Å². The van der Waals surface area contributed by atoms with E-state index in [1.165, 1.54) is 5.57 Å². The molecule has 250 valence electrons. The number of allylic oxidation sites excluding steroid dienone is 5. The predicted molar refractivity (Wildman–Crippen MR) is 172 cm³/mol. The fourth-order valence-corrected chi connectivity index (χ4v) is 8.14. The lowest BCUT2D eigenvalue weighted by molar-refractivity contribution is -0.342. The highest BCUT2D eigenvalue weighted by Gasteiger charge is 2.60. The van der Waals surface area contributed by atoms with Gasteiger partial charge in [0, 0.05) is 32.3 Å². The van der Waals surface area contributed by atoms with Crippen LogP contribution >= 0.6 is 0 Å². The molecule has 0 radical (unpaired) electrons. The Kier molecular flexibility index (Phi) is 10.3. The van der Waals surface area contributed by atoms with Crippen LogP contribution in [0.1, 0.15) is 80.6 Å². The third kappa shape index (κ3) is 6.97. The largest absolute Gasteiger partial charge is 0.462 e. The third-order valence-corrected chi connectivity index (χ3v) is 10.3. The van der Waals surface area contributed by atoms with Gasteiger partial charge in [0.05, 0.1) is 24.9 Å². The van der Waals surface area contributed by atoms with E-state index in [2.05, 4.69) is 45.9 Å². The molecule has 2 bridgehead atoms. The summed E-state index contributed by atoms with van der Waals surface area (Å²) in [5, 5.41) is 23.7. The minimum atomic E-state index is -1.61. The molecule has 8 heteroatoms. The van der Waals surface area contributed by atoms with E-state index in [-0.39, 0.29) is 30.7 Å². The molecule has 45 heavy (non-hydrogen) atoms. The molecule has 5 rings (SSSR count). The summed E-state index contributed by atoms with van der Waals surface area (Å²) in [5.41, 5.74) is 2.14. The number of carbonyl (C=O) groups excluding carboxylic acids is 1. The predicted octanol–water partition coefficient (Wildman–Crippen LogP) is 5.74. The van der Waals surface area contributed by atoms with Crippen molar-refractivity contribution in [2.75, 3.05) is 13.7 Å². The first-order valence-electron chi connectivity index (χ1n) is 16.8. The Morgan fingerprint density at radius 3 is 2.62 bits per heavy atom. The average Bonchev–Trinajstić information content (AvgIpc) is 3.29. The Bertz CT molecular complexity index is 1260. The molecule has 5 unspecified atom stereocenters. The molecule has 0 saturated carbocycles. The fraction of sp³-hybridized carbons (Fsp3) is 0.703. The van der Waals surface area contributed by atoms with Crippen LogP contribution in [0.3, 0.4) is 0 Å². The van der Waals surface area contributed by atoms with Gasteiger partial charge < -0.3 is 33.9 Å². The normalized spacial score (nSPS) is 46.0. The second-order valence-electron chi connectivity index (χ2n) is 14.6. The molecule has 8 nitrogen and oxygen atoms in total. The maximum absolute atomic E-state index is 14.2. The number of ether oxygens (including phenoxy) is 5. The Labute approximate surface area is 269 Å². The van der Waals surface area contributed by atoms with Crippen molar-refractivity contribution in [3.8, 4) is 0 Å². The summed E-state index contributed by atoms with van der Waals surface area (Å²) >= 11 is 0. The summed E-state index contributed by atoms with van der Waals surface area (Å²) < 4.78 is 31.8. The number of hydrogen-bond acceptors (Lipinski definition) is 8. The van der Waals surface area contributed by atoms with Gasteiger partial charge in [0.15, 0.2) is 5.79 Å². The zero-order chi connectivity index (χ0) is 32.7. The van der Waals surface area contributed by atoms with Gasteiger partial charge >= 0.3 is 5.97 Å². The second kappa shape index (κ2) is 13.6. The number of fused-ring (bicyclic) bond motifs is 2. The molecule has 4 aliphatic heterocycles. The van der Waals surface area contributed by atoms with E-state index in [0.29, 0.717) is 37.2 Å². The number of carbonyl (C=O) groups is 1.